The SMILES string of the molecule is CN(Cc1ccccc1)C1=NC2(CCC(C(C)(C)C)CC2)N(C(CCC(C)(C)C)c2ccc(C(=O)NC/C(N)=N/N)cc2)C1=O. The van der Waals surface area contributed by atoms with Crippen LogP contribution in [0.2, 0.25) is 0 Å². The number of hydrazone groups is 1. The summed E-state index contributed by atoms with van der Waals surface area (Å²) < 4.78 is 0. The van der Waals surface area contributed by atoms with Gasteiger partial charge in [0.15, 0.2) is 5.84 Å². The first-order valence-electron chi connectivity index (χ1n) is 16.2. The molecule has 1 atom stereocenters. The number of nitrogens with two attached hydrogens (primary N) is 2. The third-order valence-corrected chi connectivity index (χ3v) is 9.44. The van der Waals surface area contributed by atoms with E-state index in [1.807, 2.05) is 54.4 Å². The lowest BCUT2D eigenvalue weighted by Gasteiger charge is -2.47. The van der Waals surface area contributed by atoms with E-state index in [1.165, 1.54) is 0 Å². The van der Waals surface area contributed by atoms with Crippen LogP contribution < -0.4 is 16.9 Å². The highest BCUT2D eigenvalue weighted by atomic mass is 16.2. The number of amides is 2. The lowest BCUT2D eigenvalue weighted by Crippen LogP contribution is -2.52. The van der Waals surface area contributed by atoms with E-state index < -0.39 is 5.66 Å². The minimum Gasteiger partial charge on any atom is -0.384 e. The molecule has 1 fully saturated rings. The molecule has 9 nitrogen and oxygen atoms in total. The number of benzene rings is 2. The van der Waals surface area contributed by atoms with Gasteiger partial charge >= 0.3 is 0 Å². The van der Waals surface area contributed by atoms with E-state index in [4.69, 9.17) is 16.6 Å². The predicted molar refractivity (Wildman–Crippen MR) is 182 cm³/mol. The van der Waals surface area contributed by atoms with Crippen molar-refractivity contribution in [1.82, 2.24) is 15.1 Å². The van der Waals surface area contributed by atoms with Crippen molar-refractivity contribution in [1.29, 1.82) is 0 Å². The van der Waals surface area contributed by atoms with Gasteiger partial charge in [-0.2, -0.15) is 5.10 Å². The zero-order valence-corrected chi connectivity index (χ0v) is 28.3. The summed E-state index contributed by atoms with van der Waals surface area (Å²) in [6.45, 7) is 14.3. The van der Waals surface area contributed by atoms with Crippen LogP contribution in [0.4, 0.5) is 0 Å². The van der Waals surface area contributed by atoms with E-state index >= 15 is 0 Å². The Balaban J connectivity index is 1.70. The monoisotopic (exact) mass is 615 g/mol. The molecule has 0 radical (unpaired) electrons. The van der Waals surface area contributed by atoms with Crippen LogP contribution in [0.3, 0.4) is 0 Å². The van der Waals surface area contributed by atoms with Crippen molar-refractivity contribution >= 4 is 23.5 Å². The number of carbonyl (C=O) groups excluding carboxylic acids is 2. The van der Waals surface area contributed by atoms with Gasteiger partial charge in [0.1, 0.15) is 11.5 Å². The van der Waals surface area contributed by atoms with Gasteiger partial charge in [0.05, 0.1) is 12.6 Å². The normalized spacial score (nSPS) is 21.5. The molecule has 0 aromatic heterocycles. The molecule has 0 bridgehead atoms. The highest BCUT2D eigenvalue weighted by Crippen LogP contribution is 2.50. The number of amidine groups is 2. The van der Waals surface area contributed by atoms with Gasteiger partial charge in [0.2, 0.25) is 0 Å². The summed E-state index contributed by atoms with van der Waals surface area (Å²) >= 11 is 0. The predicted octanol–water partition coefficient (Wildman–Crippen LogP) is 5.82. The number of hydrogen-bond acceptors (Lipinski definition) is 6. The molecular formula is C36H53N7O2. The van der Waals surface area contributed by atoms with Crippen molar-refractivity contribution in [3.8, 4) is 0 Å². The lowest BCUT2D eigenvalue weighted by atomic mass is 9.69. The van der Waals surface area contributed by atoms with E-state index in [1.54, 1.807) is 0 Å². The molecule has 1 saturated carbocycles. The van der Waals surface area contributed by atoms with Gasteiger partial charge in [0, 0.05) is 19.2 Å². The fraction of sp³-hybridized carbons (Fsp3) is 0.556. The second-order valence-electron chi connectivity index (χ2n) is 15.1. The molecule has 9 heteroatoms. The molecule has 1 unspecified atom stereocenters. The topological polar surface area (TPSA) is 129 Å². The van der Waals surface area contributed by atoms with E-state index in [0.29, 0.717) is 23.9 Å². The van der Waals surface area contributed by atoms with Gasteiger partial charge in [-0.1, -0.05) is 84.0 Å². The summed E-state index contributed by atoms with van der Waals surface area (Å²) in [7, 11) is 1.97. The molecule has 1 aliphatic heterocycles. The van der Waals surface area contributed by atoms with E-state index in [0.717, 1.165) is 49.7 Å². The Kier molecular flexibility index (Phi) is 10.3. The lowest BCUT2D eigenvalue weighted by molar-refractivity contribution is -0.134. The highest BCUT2D eigenvalue weighted by molar-refractivity contribution is 6.39. The second-order valence-corrected chi connectivity index (χ2v) is 15.1. The molecule has 1 heterocycles. The van der Waals surface area contributed by atoms with Crippen molar-refractivity contribution in [2.45, 2.75) is 98.3 Å². The first kappa shape index (κ1) is 34.0. The molecule has 0 saturated heterocycles. The third kappa shape index (κ3) is 8.24. The molecule has 2 aromatic carbocycles. The maximum atomic E-state index is 14.6. The average molecular weight is 616 g/mol. The van der Waals surface area contributed by atoms with Crippen molar-refractivity contribution in [2.75, 3.05) is 13.6 Å². The molecule has 45 heavy (non-hydrogen) atoms. The molecule has 2 amide bonds. The van der Waals surface area contributed by atoms with Crippen LogP contribution in [0.15, 0.2) is 64.7 Å². The minimum absolute atomic E-state index is 0.0140. The molecule has 5 N–H and O–H groups in total. The maximum absolute atomic E-state index is 14.6. The van der Waals surface area contributed by atoms with Crippen LogP contribution in [0.5, 0.6) is 0 Å². The van der Waals surface area contributed by atoms with Crippen LogP contribution in [-0.2, 0) is 11.3 Å². The summed E-state index contributed by atoms with van der Waals surface area (Å²) in [5.41, 5.74) is 7.98. The van der Waals surface area contributed by atoms with Gasteiger partial charge in [-0.05, 0) is 78.5 Å². The number of likely N-dealkylation sites (N-methyl/N-ethyl adjacent to an activating group) is 1. The summed E-state index contributed by atoms with van der Waals surface area (Å²) in [5, 5.41) is 6.16. The van der Waals surface area contributed by atoms with Crippen LogP contribution in [0.25, 0.3) is 0 Å². The summed E-state index contributed by atoms with van der Waals surface area (Å²) in [6, 6.07) is 17.6. The van der Waals surface area contributed by atoms with Gasteiger partial charge < -0.3 is 26.7 Å². The number of rotatable bonds is 9. The Morgan fingerprint density at radius 1 is 1.07 bits per heavy atom. The minimum atomic E-state index is -0.600. The largest absolute Gasteiger partial charge is 0.384 e. The molecule has 2 aromatic rings. The molecule has 1 aliphatic carbocycles. The Hall–Kier alpha value is -3.88. The molecular weight excluding hydrogens is 562 g/mol. The maximum Gasteiger partial charge on any atom is 0.291 e. The average Bonchev–Trinajstić information content (AvgIpc) is 3.27. The van der Waals surface area contributed by atoms with Crippen LogP contribution in [0.1, 0.15) is 108 Å². The standard InChI is InChI=1S/C36H53N7O2/c1-34(2,3)20-19-29(26-13-15-27(16-14-26)32(44)39-23-30(37)41-38)43-33(45)31(42(7)24-25-11-9-8-10-12-25)40-36(43)21-17-28(18-22-36)35(4,5)6/h8-16,28-29H,17-24,38H2,1-7H3,(H2,37,41)(H,39,44). The molecule has 4 rings (SSSR count). The van der Waals surface area contributed by atoms with Crippen LogP contribution in [-0.4, -0.2) is 52.5 Å². The zero-order valence-electron chi connectivity index (χ0n) is 28.3. The Morgan fingerprint density at radius 2 is 1.69 bits per heavy atom. The Labute approximate surface area is 269 Å². The summed E-state index contributed by atoms with van der Waals surface area (Å²) in [5.74, 6) is 6.18. The number of carbonyl (C=O) groups is 2. The molecule has 2 aliphatic rings. The molecule has 1 spiro atoms. The fourth-order valence-electron chi connectivity index (χ4n) is 6.70. The first-order chi connectivity index (χ1) is 21.1. The summed E-state index contributed by atoms with van der Waals surface area (Å²) in [4.78, 5) is 36.9. The number of nitrogens with one attached hydrogen (secondary N) is 1. The Morgan fingerprint density at radius 3 is 2.24 bits per heavy atom. The van der Waals surface area contributed by atoms with Crippen molar-refractivity contribution < 1.29 is 9.59 Å². The van der Waals surface area contributed by atoms with Crippen molar-refractivity contribution in [3.63, 3.8) is 0 Å². The highest BCUT2D eigenvalue weighted by Gasteiger charge is 2.53. The Bertz CT molecular complexity index is 1380. The smallest absolute Gasteiger partial charge is 0.291 e. The van der Waals surface area contributed by atoms with Crippen LogP contribution in [0, 0.1) is 16.7 Å². The van der Waals surface area contributed by atoms with Gasteiger partial charge in [-0.15, -0.1) is 0 Å². The summed E-state index contributed by atoms with van der Waals surface area (Å²) in [6.07, 6.45) is 5.43. The quantitative estimate of drug-likeness (QED) is 0.142. The number of nitrogens with zero attached hydrogens (tertiary/aromatic N) is 4. The van der Waals surface area contributed by atoms with Crippen molar-refractivity contribution in [3.05, 3.63) is 71.3 Å². The van der Waals surface area contributed by atoms with Gasteiger partial charge in [-0.3, -0.25) is 9.59 Å². The fourth-order valence-corrected chi connectivity index (χ4v) is 6.70. The molecule has 244 valence electrons. The van der Waals surface area contributed by atoms with E-state index in [2.05, 4.69) is 69.0 Å². The van der Waals surface area contributed by atoms with Gasteiger partial charge in [0.25, 0.3) is 11.8 Å². The second kappa shape index (κ2) is 13.6. The number of aliphatic imine (C=N–C) groups is 1. The zero-order chi connectivity index (χ0) is 33.0. The van der Waals surface area contributed by atoms with Gasteiger partial charge in [-0.25, -0.2) is 4.99 Å². The number of hydrogen-bond donors (Lipinski definition) is 3. The van der Waals surface area contributed by atoms with Crippen molar-refractivity contribution in [2.24, 2.45) is 38.4 Å². The van der Waals surface area contributed by atoms with E-state index in [9.17, 15) is 9.59 Å². The van der Waals surface area contributed by atoms with E-state index in [-0.39, 0.29) is 41.1 Å². The van der Waals surface area contributed by atoms with Crippen LogP contribution >= 0.6 is 0 Å². The first-order valence-corrected chi connectivity index (χ1v) is 16.2. The third-order valence-electron chi connectivity index (χ3n) is 9.44.